The summed E-state index contributed by atoms with van der Waals surface area (Å²) < 4.78 is 21.8. The molecule has 2 amide bonds. The minimum absolute atomic E-state index is 0.184. The number of nitrogens with zero attached hydrogens (tertiary/aromatic N) is 1. The van der Waals surface area contributed by atoms with Crippen molar-refractivity contribution in [3.8, 4) is 11.5 Å². The van der Waals surface area contributed by atoms with E-state index in [1.54, 1.807) is 26.0 Å². The highest BCUT2D eigenvalue weighted by atomic mass is 127. The van der Waals surface area contributed by atoms with Crippen LogP contribution in [0.5, 0.6) is 11.5 Å². The monoisotopic (exact) mass is 611 g/mol. The van der Waals surface area contributed by atoms with Crippen LogP contribution in [-0.4, -0.2) is 56.7 Å². The number of hydrogen-bond acceptors (Lipinski definition) is 8. The van der Waals surface area contributed by atoms with Crippen molar-refractivity contribution in [1.29, 1.82) is 0 Å². The summed E-state index contributed by atoms with van der Waals surface area (Å²) in [6.07, 6.45) is 1.02. The molecule has 0 unspecified atom stereocenters. The maximum absolute atomic E-state index is 12.8. The average Bonchev–Trinajstić information content (AvgIpc) is 2.84. The molecule has 0 spiro atoms. The summed E-state index contributed by atoms with van der Waals surface area (Å²) in [4.78, 5) is 36.4. The Balaban J connectivity index is 2.12. The van der Waals surface area contributed by atoms with E-state index in [0.29, 0.717) is 27.2 Å². The lowest BCUT2D eigenvalue weighted by Crippen LogP contribution is -2.47. The van der Waals surface area contributed by atoms with Gasteiger partial charge in [-0.3, -0.25) is 4.79 Å². The molecular weight excluding hydrogens is 581 g/mol. The highest BCUT2D eigenvalue weighted by molar-refractivity contribution is 14.1. The number of halogens is 1. The van der Waals surface area contributed by atoms with Crippen LogP contribution in [0, 0.1) is 3.57 Å². The third-order valence-corrected chi connectivity index (χ3v) is 5.33. The largest absolute Gasteiger partial charge is 0.490 e. The fourth-order valence-electron chi connectivity index (χ4n) is 3.02. The third kappa shape index (κ3) is 9.72. The Kier molecular flexibility index (Phi) is 12.5. The Morgan fingerprint density at radius 3 is 2.39 bits per heavy atom. The predicted molar refractivity (Wildman–Crippen MR) is 142 cm³/mol. The van der Waals surface area contributed by atoms with Crippen molar-refractivity contribution < 1.29 is 33.3 Å². The molecule has 0 aliphatic carbocycles. The first-order valence-electron chi connectivity index (χ1n) is 11.4. The molecule has 0 saturated carbocycles. The van der Waals surface area contributed by atoms with Crippen LogP contribution in [0.2, 0.25) is 0 Å². The number of hydrazone groups is 1. The molecule has 36 heavy (non-hydrogen) atoms. The van der Waals surface area contributed by atoms with Gasteiger partial charge < -0.3 is 24.3 Å². The molecule has 0 bridgehead atoms. The lowest BCUT2D eigenvalue weighted by atomic mass is 10.1. The van der Waals surface area contributed by atoms with Crippen molar-refractivity contribution in [1.82, 2.24) is 10.7 Å². The van der Waals surface area contributed by atoms with Crippen LogP contribution in [-0.2, 0) is 25.5 Å². The van der Waals surface area contributed by atoms with Gasteiger partial charge in [-0.25, -0.2) is 15.0 Å². The number of esters is 1. The maximum atomic E-state index is 12.8. The zero-order valence-electron chi connectivity index (χ0n) is 20.4. The zero-order valence-corrected chi connectivity index (χ0v) is 22.6. The molecule has 10 nitrogen and oxygen atoms in total. The van der Waals surface area contributed by atoms with Crippen molar-refractivity contribution in [3.05, 3.63) is 57.2 Å². The second-order valence-electron chi connectivity index (χ2n) is 7.20. The summed E-state index contributed by atoms with van der Waals surface area (Å²) in [5, 5.41) is 6.60. The molecule has 2 aromatic carbocycles. The number of carbonyl (C=O) groups excluding carboxylic acids is 3. The normalized spacial score (nSPS) is 11.4. The summed E-state index contributed by atoms with van der Waals surface area (Å²) in [6.45, 7) is 5.81. The molecule has 0 radical (unpaired) electrons. The summed E-state index contributed by atoms with van der Waals surface area (Å²) in [5.41, 5.74) is 3.96. The van der Waals surface area contributed by atoms with Crippen LogP contribution in [0.15, 0.2) is 47.6 Å². The molecule has 11 heteroatoms. The first-order chi connectivity index (χ1) is 17.4. The summed E-state index contributed by atoms with van der Waals surface area (Å²) >= 11 is 2.06. The van der Waals surface area contributed by atoms with Gasteiger partial charge in [0.1, 0.15) is 6.04 Å². The number of carbonyl (C=O) groups is 3. The molecular formula is C25H30IN3O7. The minimum Gasteiger partial charge on any atom is -0.490 e. The number of hydrogen-bond donors (Lipinski definition) is 2. The summed E-state index contributed by atoms with van der Waals surface area (Å²) in [6, 6.07) is 11.8. The van der Waals surface area contributed by atoms with E-state index < -0.39 is 24.0 Å². The van der Waals surface area contributed by atoms with E-state index in [9.17, 15) is 14.4 Å². The predicted octanol–water partition coefficient (Wildman–Crippen LogP) is 3.44. The fourth-order valence-corrected chi connectivity index (χ4v) is 3.80. The SMILES string of the molecule is CCOC(=O)COc1c(I)cc(/C=N\NC(=O)[C@H](Cc2ccccc2)NC(=O)OCC)cc1OCC. The van der Waals surface area contributed by atoms with Crippen LogP contribution in [0.3, 0.4) is 0 Å². The molecule has 0 aliphatic rings. The summed E-state index contributed by atoms with van der Waals surface area (Å²) in [7, 11) is 0. The topological polar surface area (TPSA) is 125 Å². The Labute approximate surface area is 223 Å². The minimum atomic E-state index is -0.888. The fraction of sp³-hybridized carbons (Fsp3) is 0.360. The van der Waals surface area contributed by atoms with Crippen LogP contribution in [0.4, 0.5) is 4.79 Å². The Bertz CT molecular complexity index is 1050. The van der Waals surface area contributed by atoms with Gasteiger partial charge in [-0.1, -0.05) is 30.3 Å². The van der Waals surface area contributed by atoms with Crippen molar-refractivity contribution in [2.24, 2.45) is 5.10 Å². The van der Waals surface area contributed by atoms with Gasteiger partial charge in [0, 0.05) is 6.42 Å². The van der Waals surface area contributed by atoms with Gasteiger partial charge in [-0.2, -0.15) is 5.10 Å². The average molecular weight is 611 g/mol. The first kappa shape index (κ1) is 28.9. The van der Waals surface area contributed by atoms with E-state index in [1.807, 2.05) is 37.3 Å². The van der Waals surface area contributed by atoms with Gasteiger partial charge in [0.2, 0.25) is 0 Å². The Morgan fingerprint density at radius 1 is 1.00 bits per heavy atom. The number of amides is 2. The van der Waals surface area contributed by atoms with Crippen LogP contribution in [0.25, 0.3) is 0 Å². The lowest BCUT2D eigenvalue weighted by molar-refractivity contribution is -0.145. The van der Waals surface area contributed by atoms with Crippen molar-refractivity contribution in [2.45, 2.75) is 33.2 Å². The number of rotatable bonds is 13. The summed E-state index contributed by atoms with van der Waals surface area (Å²) in [5.74, 6) is -0.150. The third-order valence-electron chi connectivity index (χ3n) is 4.53. The van der Waals surface area contributed by atoms with Gasteiger partial charge in [0.25, 0.3) is 5.91 Å². The molecule has 2 N–H and O–H groups in total. The smallest absolute Gasteiger partial charge is 0.407 e. The maximum Gasteiger partial charge on any atom is 0.407 e. The number of ether oxygens (including phenoxy) is 4. The van der Waals surface area contributed by atoms with E-state index >= 15 is 0 Å². The highest BCUT2D eigenvalue weighted by Gasteiger charge is 2.22. The van der Waals surface area contributed by atoms with Gasteiger partial charge in [-0.15, -0.1) is 0 Å². The van der Waals surface area contributed by atoms with Gasteiger partial charge in [0.05, 0.1) is 29.6 Å². The molecule has 0 aromatic heterocycles. The van der Waals surface area contributed by atoms with E-state index in [2.05, 4.69) is 38.4 Å². The first-order valence-corrected chi connectivity index (χ1v) is 12.5. The van der Waals surface area contributed by atoms with Crippen LogP contribution in [0.1, 0.15) is 31.9 Å². The number of nitrogens with one attached hydrogen (secondary N) is 2. The van der Waals surface area contributed by atoms with Crippen molar-refractivity contribution >= 4 is 46.8 Å². The van der Waals surface area contributed by atoms with Gasteiger partial charge >= 0.3 is 12.1 Å². The van der Waals surface area contributed by atoms with E-state index in [0.717, 1.165) is 5.56 Å². The molecule has 2 aromatic rings. The number of benzene rings is 2. The van der Waals surface area contributed by atoms with Crippen molar-refractivity contribution in [3.63, 3.8) is 0 Å². The zero-order chi connectivity index (χ0) is 26.3. The van der Waals surface area contributed by atoms with Gasteiger partial charge in [-0.05, 0) is 66.6 Å². The Hall–Kier alpha value is -3.35. The van der Waals surface area contributed by atoms with Crippen LogP contribution < -0.4 is 20.2 Å². The number of alkyl carbamates (subject to hydrolysis) is 1. The highest BCUT2D eigenvalue weighted by Crippen LogP contribution is 2.34. The van der Waals surface area contributed by atoms with Gasteiger partial charge in [0.15, 0.2) is 18.1 Å². The standard InChI is InChI=1S/C25H30IN3O7/c1-4-33-21-14-18(12-19(26)23(21)36-16-22(30)34-5-2)15-27-29-24(31)20(28-25(32)35-6-3)13-17-10-8-7-9-11-17/h7-12,14-15,20H,4-6,13,16H2,1-3H3,(H,28,32)(H,29,31)/b27-15-/t20-/m0/s1. The molecule has 0 aliphatic heterocycles. The van der Waals surface area contributed by atoms with Crippen LogP contribution >= 0.6 is 22.6 Å². The molecule has 0 saturated heterocycles. The molecule has 194 valence electrons. The molecule has 1 atom stereocenters. The van der Waals surface area contributed by atoms with E-state index in [1.165, 1.54) is 6.21 Å². The second kappa shape index (κ2) is 15.6. The Morgan fingerprint density at radius 2 is 1.72 bits per heavy atom. The van der Waals surface area contributed by atoms with E-state index in [4.69, 9.17) is 18.9 Å². The molecule has 0 heterocycles. The quantitative estimate of drug-likeness (QED) is 0.154. The van der Waals surface area contributed by atoms with Crippen molar-refractivity contribution in [2.75, 3.05) is 26.4 Å². The lowest BCUT2D eigenvalue weighted by Gasteiger charge is -2.17. The molecule has 0 fully saturated rings. The second-order valence-corrected chi connectivity index (χ2v) is 8.36. The molecule has 2 rings (SSSR count). The van der Waals surface area contributed by atoms with E-state index in [-0.39, 0.29) is 26.2 Å².